The van der Waals surface area contributed by atoms with Gasteiger partial charge in [-0.1, -0.05) is 12.1 Å². The maximum absolute atomic E-state index is 11.7. The monoisotopic (exact) mass is 292 g/mol. The van der Waals surface area contributed by atoms with Crippen LogP contribution in [0.4, 0.5) is 0 Å². The van der Waals surface area contributed by atoms with E-state index in [-0.39, 0.29) is 12.0 Å². The molecule has 0 aliphatic rings. The lowest BCUT2D eigenvalue weighted by Crippen LogP contribution is -2.25. The fourth-order valence-electron chi connectivity index (χ4n) is 1.96. The van der Waals surface area contributed by atoms with Gasteiger partial charge in [0.2, 0.25) is 5.91 Å². The van der Waals surface area contributed by atoms with E-state index in [1.54, 1.807) is 18.3 Å². The van der Waals surface area contributed by atoms with E-state index < -0.39 is 0 Å². The first kappa shape index (κ1) is 14.9. The van der Waals surface area contributed by atoms with E-state index in [0.29, 0.717) is 19.4 Å². The molecule has 0 spiro atoms. The molecule has 2 rings (SSSR count). The van der Waals surface area contributed by atoms with Gasteiger partial charge in [0.15, 0.2) is 0 Å². The van der Waals surface area contributed by atoms with Crippen LogP contribution in [-0.2, 0) is 11.2 Å². The van der Waals surface area contributed by atoms with Crippen molar-refractivity contribution in [1.29, 1.82) is 0 Å². The van der Waals surface area contributed by atoms with Crippen molar-refractivity contribution in [2.45, 2.75) is 38.7 Å². The van der Waals surface area contributed by atoms with Crippen LogP contribution in [0.2, 0.25) is 0 Å². The Bertz CT molecular complexity index is 533. The smallest absolute Gasteiger partial charge is 0.220 e. The summed E-state index contributed by atoms with van der Waals surface area (Å²) >= 11 is 1.65. The first-order valence-electron chi connectivity index (χ1n) is 6.94. The lowest BCUT2D eigenvalue weighted by atomic mass is 10.2. The number of carbonyl (C=O) groups excluding carboxylic acids is 1. The third-order valence-corrected chi connectivity index (χ3v) is 4.12. The Kier molecular flexibility index (Phi) is 5.49. The molecule has 20 heavy (non-hydrogen) atoms. The lowest BCUT2D eigenvalue weighted by Gasteiger charge is -2.05. The molecule has 0 fully saturated rings. The fourth-order valence-corrected chi connectivity index (χ4v) is 2.93. The minimum atomic E-state index is -0.297. The Morgan fingerprint density at radius 2 is 2.25 bits per heavy atom. The van der Waals surface area contributed by atoms with Crippen LogP contribution >= 0.6 is 11.3 Å². The quantitative estimate of drug-likeness (QED) is 0.771. The van der Waals surface area contributed by atoms with Gasteiger partial charge >= 0.3 is 0 Å². The second-order valence-corrected chi connectivity index (χ2v) is 6.03. The van der Waals surface area contributed by atoms with E-state index in [0.717, 1.165) is 23.4 Å². The van der Waals surface area contributed by atoms with E-state index in [1.165, 1.54) is 4.70 Å². The molecule has 1 unspecified atom stereocenters. The van der Waals surface area contributed by atoms with Crippen LogP contribution in [0.25, 0.3) is 10.2 Å². The summed E-state index contributed by atoms with van der Waals surface area (Å²) in [5.74, 6) is 0.0508. The van der Waals surface area contributed by atoms with Crippen LogP contribution in [0.15, 0.2) is 24.3 Å². The predicted octanol–water partition coefficient (Wildman–Crippen LogP) is 2.51. The van der Waals surface area contributed by atoms with Crippen molar-refractivity contribution in [2.75, 3.05) is 6.54 Å². The highest BCUT2D eigenvalue weighted by Gasteiger charge is 2.06. The molecule has 108 valence electrons. The molecule has 1 atom stereocenters. The zero-order chi connectivity index (χ0) is 14.4. The standard InChI is InChI=1S/C15H20N2O2S/c1-11(18)5-4-10-16-14(19)8-9-15-17-12-6-2-3-7-13(12)20-15/h2-3,6-7,11,18H,4-5,8-10H2,1H3,(H,16,19). The van der Waals surface area contributed by atoms with Crippen LogP contribution in [0.5, 0.6) is 0 Å². The number of aliphatic hydroxyl groups is 1. The SMILES string of the molecule is CC(O)CCCNC(=O)CCc1nc2ccccc2s1. The third kappa shape index (κ3) is 4.58. The number of nitrogens with zero attached hydrogens (tertiary/aromatic N) is 1. The Balaban J connectivity index is 1.73. The Morgan fingerprint density at radius 1 is 1.45 bits per heavy atom. The predicted molar refractivity (Wildman–Crippen MR) is 81.9 cm³/mol. The lowest BCUT2D eigenvalue weighted by molar-refractivity contribution is -0.121. The van der Waals surface area contributed by atoms with Crippen molar-refractivity contribution in [1.82, 2.24) is 10.3 Å². The minimum absolute atomic E-state index is 0.0508. The highest BCUT2D eigenvalue weighted by atomic mass is 32.1. The number of thiazole rings is 1. The third-order valence-electron chi connectivity index (χ3n) is 3.02. The number of rotatable bonds is 7. The molecule has 0 saturated heterocycles. The molecule has 0 saturated carbocycles. The van der Waals surface area contributed by atoms with Gasteiger partial charge in [0.05, 0.1) is 21.3 Å². The van der Waals surface area contributed by atoms with Crippen molar-refractivity contribution in [2.24, 2.45) is 0 Å². The number of nitrogens with one attached hydrogen (secondary N) is 1. The number of aryl methyl sites for hydroxylation is 1. The summed E-state index contributed by atoms with van der Waals surface area (Å²) in [5.41, 5.74) is 1.00. The molecular formula is C15H20N2O2S. The Morgan fingerprint density at radius 3 is 3.00 bits per heavy atom. The molecule has 2 aromatic rings. The molecule has 0 aliphatic heterocycles. The summed E-state index contributed by atoms with van der Waals surface area (Å²) in [5, 5.41) is 13.0. The highest BCUT2D eigenvalue weighted by molar-refractivity contribution is 7.18. The van der Waals surface area contributed by atoms with Gasteiger partial charge in [-0.15, -0.1) is 11.3 Å². The molecule has 4 nitrogen and oxygen atoms in total. The normalized spacial score (nSPS) is 12.5. The van der Waals surface area contributed by atoms with Gasteiger partial charge in [-0.25, -0.2) is 4.98 Å². The van der Waals surface area contributed by atoms with Crippen molar-refractivity contribution < 1.29 is 9.90 Å². The summed E-state index contributed by atoms with van der Waals surface area (Å²) in [6.45, 7) is 2.39. The topological polar surface area (TPSA) is 62.2 Å². The number of para-hydroxylation sites is 1. The molecule has 1 aromatic carbocycles. The summed E-state index contributed by atoms with van der Waals surface area (Å²) < 4.78 is 1.17. The number of fused-ring (bicyclic) bond motifs is 1. The van der Waals surface area contributed by atoms with Gasteiger partial charge in [-0.05, 0) is 31.9 Å². The fraction of sp³-hybridized carbons (Fsp3) is 0.467. The van der Waals surface area contributed by atoms with Gasteiger partial charge in [-0.3, -0.25) is 4.79 Å². The van der Waals surface area contributed by atoms with Crippen LogP contribution in [0.3, 0.4) is 0 Å². The minimum Gasteiger partial charge on any atom is -0.393 e. The number of benzene rings is 1. The molecule has 5 heteroatoms. The van der Waals surface area contributed by atoms with Gasteiger partial charge in [-0.2, -0.15) is 0 Å². The second-order valence-electron chi connectivity index (χ2n) is 4.92. The molecule has 2 N–H and O–H groups in total. The molecule has 0 radical (unpaired) electrons. The number of aromatic nitrogens is 1. The first-order chi connectivity index (χ1) is 9.65. The highest BCUT2D eigenvalue weighted by Crippen LogP contribution is 2.22. The largest absolute Gasteiger partial charge is 0.393 e. The van der Waals surface area contributed by atoms with E-state index in [4.69, 9.17) is 5.11 Å². The Labute approximate surface area is 122 Å². The second kappa shape index (κ2) is 7.36. The van der Waals surface area contributed by atoms with Crippen LogP contribution in [0.1, 0.15) is 31.2 Å². The maximum Gasteiger partial charge on any atom is 0.220 e. The summed E-state index contributed by atoms with van der Waals surface area (Å²) in [6.07, 6.45) is 2.38. The van der Waals surface area contributed by atoms with Gasteiger partial charge in [0.25, 0.3) is 0 Å². The summed E-state index contributed by atoms with van der Waals surface area (Å²) in [7, 11) is 0. The zero-order valence-corrected chi connectivity index (χ0v) is 12.4. The maximum atomic E-state index is 11.7. The van der Waals surface area contributed by atoms with Crippen LogP contribution in [0, 0.1) is 0 Å². The average molecular weight is 292 g/mol. The number of hydrogen-bond acceptors (Lipinski definition) is 4. The molecule has 1 aromatic heterocycles. The average Bonchev–Trinajstić information content (AvgIpc) is 2.84. The van der Waals surface area contributed by atoms with Crippen molar-refractivity contribution >= 4 is 27.5 Å². The van der Waals surface area contributed by atoms with E-state index in [2.05, 4.69) is 10.3 Å². The Hall–Kier alpha value is -1.46. The van der Waals surface area contributed by atoms with E-state index in [9.17, 15) is 4.79 Å². The van der Waals surface area contributed by atoms with Crippen molar-refractivity contribution in [3.8, 4) is 0 Å². The number of amides is 1. The van der Waals surface area contributed by atoms with Crippen LogP contribution in [-0.4, -0.2) is 28.6 Å². The number of hydrogen-bond donors (Lipinski definition) is 2. The summed E-state index contributed by atoms with van der Waals surface area (Å²) in [6, 6.07) is 8.01. The molecule has 1 amide bonds. The van der Waals surface area contributed by atoms with E-state index >= 15 is 0 Å². The van der Waals surface area contributed by atoms with Crippen molar-refractivity contribution in [3.05, 3.63) is 29.3 Å². The molecule has 0 bridgehead atoms. The summed E-state index contributed by atoms with van der Waals surface area (Å²) in [4.78, 5) is 16.2. The first-order valence-corrected chi connectivity index (χ1v) is 7.76. The molecule has 1 heterocycles. The van der Waals surface area contributed by atoms with Gasteiger partial charge in [0, 0.05) is 19.4 Å². The zero-order valence-electron chi connectivity index (χ0n) is 11.6. The van der Waals surface area contributed by atoms with Crippen molar-refractivity contribution in [3.63, 3.8) is 0 Å². The molecular weight excluding hydrogens is 272 g/mol. The number of aliphatic hydroxyl groups excluding tert-OH is 1. The van der Waals surface area contributed by atoms with Crippen LogP contribution < -0.4 is 5.32 Å². The number of carbonyl (C=O) groups is 1. The van der Waals surface area contributed by atoms with E-state index in [1.807, 2.05) is 24.3 Å². The van der Waals surface area contributed by atoms with Gasteiger partial charge in [0.1, 0.15) is 0 Å². The van der Waals surface area contributed by atoms with Gasteiger partial charge < -0.3 is 10.4 Å². The molecule has 0 aliphatic carbocycles.